The van der Waals surface area contributed by atoms with Crippen molar-refractivity contribution >= 4 is 5.69 Å². The summed E-state index contributed by atoms with van der Waals surface area (Å²) in [6.07, 6.45) is 5.82. The number of benzene rings is 1. The van der Waals surface area contributed by atoms with Gasteiger partial charge in [-0.25, -0.2) is 0 Å². The molecule has 3 nitrogen and oxygen atoms in total. The van der Waals surface area contributed by atoms with Gasteiger partial charge >= 0.3 is 0 Å². The summed E-state index contributed by atoms with van der Waals surface area (Å²) in [6.45, 7) is 3.32. The molecular formula is C17H23N3. The molecule has 2 rings (SSSR count). The Bertz CT molecular complexity index is 508. The number of hydrogen-bond donors (Lipinski definition) is 1. The van der Waals surface area contributed by atoms with Crippen molar-refractivity contribution in [3.63, 3.8) is 0 Å². The molecule has 1 atom stereocenters. The molecule has 0 fully saturated rings. The van der Waals surface area contributed by atoms with E-state index in [0.717, 1.165) is 25.1 Å². The Hall–Kier alpha value is -1.87. The molecule has 106 valence electrons. The first-order chi connectivity index (χ1) is 9.65. The molecule has 0 saturated heterocycles. The lowest BCUT2D eigenvalue weighted by Gasteiger charge is -2.24. The number of nitrogens with zero attached hydrogens (tertiary/aromatic N) is 2. The quantitative estimate of drug-likeness (QED) is 0.820. The molecule has 2 N–H and O–H groups in total. The van der Waals surface area contributed by atoms with Gasteiger partial charge in [0.15, 0.2) is 0 Å². The van der Waals surface area contributed by atoms with E-state index < -0.39 is 0 Å². The fourth-order valence-electron chi connectivity index (χ4n) is 2.23. The summed E-state index contributed by atoms with van der Waals surface area (Å²) in [4.78, 5) is 6.45. The Morgan fingerprint density at radius 1 is 1.05 bits per heavy atom. The van der Waals surface area contributed by atoms with Crippen molar-refractivity contribution in [3.05, 3.63) is 59.9 Å². The largest absolute Gasteiger partial charge is 0.399 e. The minimum absolute atomic E-state index is 0.514. The van der Waals surface area contributed by atoms with Crippen molar-refractivity contribution in [1.29, 1.82) is 0 Å². The van der Waals surface area contributed by atoms with E-state index in [-0.39, 0.29) is 0 Å². The minimum Gasteiger partial charge on any atom is -0.399 e. The van der Waals surface area contributed by atoms with Gasteiger partial charge in [-0.15, -0.1) is 0 Å². The molecular weight excluding hydrogens is 246 g/mol. The normalized spacial score (nSPS) is 12.6. The molecule has 0 radical (unpaired) electrons. The van der Waals surface area contributed by atoms with E-state index in [9.17, 15) is 0 Å². The van der Waals surface area contributed by atoms with Crippen molar-refractivity contribution in [2.75, 3.05) is 19.3 Å². The second-order valence-corrected chi connectivity index (χ2v) is 5.38. The lowest BCUT2D eigenvalue weighted by molar-refractivity contribution is 0.259. The van der Waals surface area contributed by atoms with Crippen molar-refractivity contribution in [2.24, 2.45) is 0 Å². The summed E-state index contributed by atoms with van der Waals surface area (Å²) < 4.78 is 0. The van der Waals surface area contributed by atoms with Gasteiger partial charge in [0.2, 0.25) is 0 Å². The maximum absolute atomic E-state index is 5.71. The molecule has 1 aromatic carbocycles. The van der Waals surface area contributed by atoms with Crippen LogP contribution in [0.15, 0.2) is 48.8 Å². The van der Waals surface area contributed by atoms with Crippen LogP contribution in [-0.4, -0.2) is 29.5 Å². The Morgan fingerprint density at radius 2 is 1.70 bits per heavy atom. The molecule has 0 saturated carbocycles. The van der Waals surface area contributed by atoms with Crippen LogP contribution in [0.5, 0.6) is 0 Å². The van der Waals surface area contributed by atoms with E-state index in [1.165, 1.54) is 11.1 Å². The third-order valence-corrected chi connectivity index (χ3v) is 3.77. The molecule has 1 heterocycles. The second kappa shape index (κ2) is 7.06. The second-order valence-electron chi connectivity index (χ2n) is 5.38. The van der Waals surface area contributed by atoms with Gasteiger partial charge in [0.05, 0.1) is 0 Å². The van der Waals surface area contributed by atoms with Gasteiger partial charge in [-0.2, -0.15) is 0 Å². The van der Waals surface area contributed by atoms with Crippen LogP contribution in [-0.2, 0) is 12.8 Å². The average molecular weight is 269 g/mol. The maximum atomic E-state index is 5.71. The summed E-state index contributed by atoms with van der Waals surface area (Å²) >= 11 is 0. The molecule has 0 aliphatic rings. The standard InChI is InChI=1S/C17H23N3/c1-14(13-16-3-5-17(18)6-4-16)20(2)12-9-15-7-10-19-11-8-15/h3-8,10-11,14H,9,12-13,18H2,1-2H3. The highest BCUT2D eigenvalue weighted by Crippen LogP contribution is 2.11. The molecule has 1 aromatic heterocycles. The molecule has 0 spiro atoms. The summed E-state index contributed by atoms with van der Waals surface area (Å²) in [5, 5.41) is 0. The molecule has 0 amide bonds. The van der Waals surface area contributed by atoms with Gasteiger partial charge in [0, 0.05) is 30.7 Å². The smallest absolute Gasteiger partial charge is 0.0314 e. The van der Waals surface area contributed by atoms with Gasteiger partial charge in [-0.05, 0) is 62.2 Å². The van der Waals surface area contributed by atoms with E-state index in [1.807, 2.05) is 24.5 Å². The first-order valence-corrected chi connectivity index (χ1v) is 7.08. The highest BCUT2D eigenvalue weighted by atomic mass is 15.1. The molecule has 2 aromatic rings. The topological polar surface area (TPSA) is 42.1 Å². The van der Waals surface area contributed by atoms with Gasteiger partial charge in [0.1, 0.15) is 0 Å². The minimum atomic E-state index is 0.514. The number of likely N-dealkylation sites (N-methyl/N-ethyl adjacent to an activating group) is 1. The third-order valence-electron chi connectivity index (χ3n) is 3.77. The van der Waals surface area contributed by atoms with Crippen LogP contribution in [0, 0.1) is 0 Å². The highest BCUT2D eigenvalue weighted by molar-refractivity contribution is 5.39. The maximum Gasteiger partial charge on any atom is 0.0314 e. The molecule has 3 heteroatoms. The number of anilines is 1. The van der Waals surface area contributed by atoms with Gasteiger partial charge < -0.3 is 10.6 Å². The number of aromatic nitrogens is 1. The molecule has 0 aliphatic carbocycles. The van der Waals surface area contributed by atoms with E-state index in [4.69, 9.17) is 5.73 Å². The van der Waals surface area contributed by atoms with Crippen molar-refractivity contribution in [3.8, 4) is 0 Å². The van der Waals surface area contributed by atoms with Crippen molar-refractivity contribution in [1.82, 2.24) is 9.88 Å². The van der Waals surface area contributed by atoms with E-state index in [2.05, 4.69) is 48.1 Å². The molecule has 20 heavy (non-hydrogen) atoms. The van der Waals surface area contributed by atoms with Gasteiger partial charge in [-0.3, -0.25) is 4.98 Å². The monoisotopic (exact) mass is 269 g/mol. The first kappa shape index (κ1) is 14.5. The van der Waals surface area contributed by atoms with Crippen LogP contribution < -0.4 is 5.73 Å². The fourth-order valence-corrected chi connectivity index (χ4v) is 2.23. The van der Waals surface area contributed by atoms with Gasteiger partial charge in [-0.1, -0.05) is 12.1 Å². The number of rotatable bonds is 6. The highest BCUT2D eigenvalue weighted by Gasteiger charge is 2.09. The van der Waals surface area contributed by atoms with E-state index in [0.29, 0.717) is 6.04 Å². The lowest BCUT2D eigenvalue weighted by atomic mass is 10.1. The molecule has 1 unspecified atom stereocenters. The van der Waals surface area contributed by atoms with E-state index in [1.54, 1.807) is 0 Å². The first-order valence-electron chi connectivity index (χ1n) is 7.08. The molecule has 0 bridgehead atoms. The van der Waals surface area contributed by atoms with Crippen molar-refractivity contribution < 1.29 is 0 Å². The number of nitrogen functional groups attached to an aromatic ring is 1. The zero-order valence-electron chi connectivity index (χ0n) is 12.3. The number of hydrogen-bond acceptors (Lipinski definition) is 3. The Kier molecular flexibility index (Phi) is 5.13. The van der Waals surface area contributed by atoms with Crippen LogP contribution >= 0.6 is 0 Å². The average Bonchev–Trinajstić information content (AvgIpc) is 2.48. The van der Waals surface area contributed by atoms with E-state index >= 15 is 0 Å². The van der Waals surface area contributed by atoms with Crippen LogP contribution in [0.3, 0.4) is 0 Å². The summed E-state index contributed by atoms with van der Waals surface area (Å²) in [7, 11) is 2.18. The Labute approximate surface area is 121 Å². The van der Waals surface area contributed by atoms with Crippen LogP contribution in [0.2, 0.25) is 0 Å². The van der Waals surface area contributed by atoms with Gasteiger partial charge in [0.25, 0.3) is 0 Å². The number of pyridine rings is 1. The SMILES string of the molecule is CC(Cc1ccc(N)cc1)N(C)CCc1ccncc1. The Morgan fingerprint density at radius 3 is 2.35 bits per heavy atom. The predicted octanol–water partition coefficient (Wildman–Crippen LogP) is 2.77. The molecule has 0 aliphatic heterocycles. The third kappa shape index (κ3) is 4.35. The summed E-state index contributed by atoms with van der Waals surface area (Å²) in [6, 6.07) is 12.8. The summed E-state index contributed by atoms with van der Waals surface area (Å²) in [5.41, 5.74) is 9.22. The summed E-state index contributed by atoms with van der Waals surface area (Å²) in [5.74, 6) is 0. The number of nitrogens with two attached hydrogens (primary N) is 1. The zero-order valence-corrected chi connectivity index (χ0v) is 12.3. The zero-order chi connectivity index (χ0) is 14.4. The fraction of sp³-hybridized carbons (Fsp3) is 0.353. The lowest BCUT2D eigenvalue weighted by Crippen LogP contribution is -2.32. The van der Waals surface area contributed by atoms with Crippen molar-refractivity contribution in [2.45, 2.75) is 25.8 Å². The van der Waals surface area contributed by atoms with Crippen LogP contribution in [0.4, 0.5) is 5.69 Å². The predicted molar refractivity (Wildman–Crippen MR) is 84.6 cm³/mol. The Balaban J connectivity index is 1.82. The van der Waals surface area contributed by atoms with Crippen LogP contribution in [0.25, 0.3) is 0 Å². The van der Waals surface area contributed by atoms with Crippen LogP contribution in [0.1, 0.15) is 18.1 Å².